The molecule has 0 radical (unpaired) electrons. The van der Waals surface area contributed by atoms with E-state index in [1.54, 1.807) is 42.5 Å². The normalized spacial score (nSPS) is 13.7. The molecule has 1 aliphatic rings. The summed E-state index contributed by atoms with van der Waals surface area (Å²) in [6.07, 6.45) is 1.10. The lowest BCUT2D eigenvalue weighted by Crippen LogP contribution is -2.30. The number of anilines is 1. The van der Waals surface area contributed by atoms with E-state index in [0.29, 0.717) is 51.6 Å². The number of benzene rings is 3. The number of rotatable bonds is 7. The molecule has 0 bridgehead atoms. The van der Waals surface area contributed by atoms with Crippen LogP contribution in [0.15, 0.2) is 60.7 Å². The highest BCUT2D eigenvalue weighted by molar-refractivity contribution is 7.92. The SMILES string of the molecule is C[C@@H](NC(=O)c1ccc(N(Cc2c(Cl)cccc2Cl)S(C)(=O)=O)cc1)c1ccc2c(c1)OCCO2. The minimum Gasteiger partial charge on any atom is -0.486 e. The van der Waals surface area contributed by atoms with E-state index in [-0.39, 0.29) is 18.5 Å². The first-order valence-electron chi connectivity index (χ1n) is 10.8. The van der Waals surface area contributed by atoms with Crippen LogP contribution in [0.1, 0.15) is 34.5 Å². The second kappa shape index (κ2) is 10.4. The summed E-state index contributed by atoms with van der Waals surface area (Å²) in [5, 5.41) is 3.69. The lowest BCUT2D eigenvalue weighted by Gasteiger charge is -2.24. The zero-order valence-electron chi connectivity index (χ0n) is 19.1. The van der Waals surface area contributed by atoms with Crippen LogP contribution in [0, 0.1) is 0 Å². The van der Waals surface area contributed by atoms with Crippen LogP contribution in [0.25, 0.3) is 0 Å². The van der Waals surface area contributed by atoms with Crippen molar-refractivity contribution in [3.05, 3.63) is 87.4 Å². The molecule has 4 rings (SSSR count). The fraction of sp³-hybridized carbons (Fsp3) is 0.240. The van der Waals surface area contributed by atoms with Crippen LogP contribution in [0.4, 0.5) is 5.69 Å². The summed E-state index contributed by atoms with van der Waals surface area (Å²) in [6.45, 7) is 2.83. The second-order valence-corrected chi connectivity index (χ2v) is 10.8. The minimum absolute atomic E-state index is 0.0377. The Kier molecular flexibility index (Phi) is 7.44. The van der Waals surface area contributed by atoms with E-state index in [0.717, 1.165) is 11.8 Å². The predicted molar refractivity (Wildman–Crippen MR) is 137 cm³/mol. The Balaban J connectivity index is 1.50. The Hall–Kier alpha value is -2.94. The van der Waals surface area contributed by atoms with Crippen molar-refractivity contribution in [2.45, 2.75) is 19.5 Å². The molecule has 3 aromatic rings. The van der Waals surface area contributed by atoms with Crippen molar-refractivity contribution in [1.82, 2.24) is 5.32 Å². The van der Waals surface area contributed by atoms with Gasteiger partial charge in [-0.25, -0.2) is 8.42 Å². The fourth-order valence-corrected chi connectivity index (χ4v) is 5.08. The number of ether oxygens (including phenoxy) is 2. The quantitative estimate of drug-likeness (QED) is 0.449. The molecule has 7 nitrogen and oxygen atoms in total. The molecule has 0 fully saturated rings. The Labute approximate surface area is 214 Å². The summed E-state index contributed by atoms with van der Waals surface area (Å²) in [5.41, 5.74) is 2.15. The maximum atomic E-state index is 12.8. The summed E-state index contributed by atoms with van der Waals surface area (Å²) in [5.74, 6) is 1.04. The van der Waals surface area contributed by atoms with Crippen LogP contribution in [0.2, 0.25) is 10.0 Å². The van der Waals surface area contributed by atoms with E-state index in [4.69, 9.17) is 32.7 Å². The van der Waals surface area contributed by atoms with Gasteiger partial charge in [0.05, 0.1) is 24.5 Å². The number of nitrogens with one attached hydrogen (secondary N) is 1. The van der Waals surface area contributed by atoms with Gasteiger partial charge in [-0.1, -0.05) is 35.3 Å². The molecule has 0 spiro atoms. The Morgan fingerprint density at radius 1 is 1.00 bits per heavy atom. The average molecular weight is 535 g/mol. The molecule has 1 N–H and O–H groups in total. The standard InChI is InChI=1S/C25H24Cl2N2O5S/c1-16(18-8-11-23-24(14-18)34-13-12-33-23)28-25(30)17-6-9-19(10-7-17)29(35(2,31)32)15-20-21(26)4-3-5-22(20)27/h3-11,14,16H,12-13,15H2,1-2H3,(H,28,30)/t16-/m1/s1. The van der Waals surface area contributed by atoms with E-state index in [1.165, 1.54) is 4.31 Å². The molecule has 35 heavy (non-hydrogen) atoms. The number of hydrogen-bond donors (Lipinski definition) is 1. The predicted octanol–water partition coefficient (Wildman–Crippen LogP) is 5.22. The molecule has 3 aromatic carbocycles. The van der Waals surface area contributed by atoms with E-state index in [2.05, 4.69) is 5.32 Å². The molecular formula is C25H24Cl2N2O5S. The van der Waals surface area contributed by atoms with Crippen LogP contribution in [-0.2, 0) is 16.6 Å². The van der Waals surface area contributed by atoms with Gasteiger partial charge in [-0.05, 0) is 61.0 Å². The van der Waals surface area contributed by atoms with E-state index in [1.807, 2.05) is 25.1 Å². The van der Waals surface area contributed by atoms with Gasteiger partial charge in [0.2, 0.25) is 10.0 Å². The van der Waals surface area contributed by atoms with Gasteiger partial charge in [0.25, 0.3) is 5.91 Å². The van der Waals surface area contributed by atoms with Crippen LogP contribution >= 0.6 is 23.2 Å². The van der Waals surface area contributed by atoms with E-state index >= 15 is 0 Å². The van der Waals surface area contributed by atoms with Gasteiger partial charge in [-0.15, -0.1) is 0 Å². The molecule has 184 valence electrons. The molecule has 1 atom stereocenters. The Morgan fingerprint density at radius 2 is 1.63 bits per heavy atom. The second-order valence-electron chi connectivity index (χ2n) is 8.11. The zero-order valence-corrected chi connectivity index (χ0v) is 21.5. The topological polar surface area (TPSA) is 84.9 Å². The summed E-state index contributed by atoms with van der Waals surface area (Å²) < 4.78 is 37.4. The third kappa shape index (κ3) is 5.83. The number of carbonyl (C=O) groups is 1. The zero-order chi connectivity index (χ0) is 25.2. The Morgan fingerprint density at radius 3 is 2.26 bits per heavy atom. The van der Waals surface area contributed by atoms with Gasteiger partial charge in [-0.3, -0.25) is 9.10 Å². The number of hydrogen-bond acceptors (Lipinski definition) is 5. The van der Waals surface area contributed by atoms with Crippen molar-refractivity contribution < 1.29 is 22.7 Å². The molecule has 1 amide bonds. The molecule has 10 heteroatoms. The summed E-state index contributed by atoms with van der Waals surface area (Å²) in [7, 11) is -3.65. The molecule has 1 aliphatic heterocycles. The molecule has 1 heterocycles. The van der Waals surface area contributed by atoms with Gasteiger partial charge < -0.3 is 14.8 Å². The molecular weight excluding hydrogens is 511 g/mol. The third-order valence-corrected chi connectivity index (χ3v) is 7.44. The monoisotopic (exact) mass is 534 g/mol. The molecule has 0 aromatic heterocycles. The first-order valence-corrected chi connectivity index (χ1v) is 13.4. The number of sulfonamides is 1. The average Bonchev–Trinajstić information content (AvgIpc) is 2.83. The summed E-state index contributed by atoms with van der Waals surface area (Å²) in [6, 6.07) is 16.6. The highest BCUT2D eigenvalue weighted by atomic mass is 35.5. The highest BCUT2D eigenvalue weighted by Gasteiger charge is 2.22. The van der Waals surface area contributed by atoms with E-state index < -0.39 is 10.0 Å². The summed E-state index contributed by atoms with van der Waals surface area (Å²) in [4.78, 5) is 12.8. The van der Waals surface area contributed by atoms with Crippen molar-refractivity contribution in [3.63, 3.8) is 0 Å². The van der Waals surface area contributed by atoms with Gasteiger partial charge in [0.1, 0.15) is 13.2 Å². The van der Waals surface area contributed by atoms with Crippen LogP contribution in [0.3, 0.4) is 0 Å². The lowest BCUT2D eigenvalue weighted by molar-refractivity contribution is 0.0939. The smallest absolute Gasteiger partial charge is 0.251 e. The largest absolute Gasteiger partial charge is 0.486 e. The minimum atomic E-state index is -3.65. The maximum Gasteiger partial charge on any atom is 0.251 e. The van der Waals surface area contributed by atoms with Crippen LogP contribution < -0.4 is 19.1 Å². The Bertz CT molecular complexity index is 1330. The fourth-order valence-electron chi connectivity index (χ4n) is 3.70. The van der Waals surface area contributed by atoms with Crippen LogP contribution in [-0.4, -0.2) is 33.8 Å². The number of nitrogens with zero attached hydrogens (tertiary/aromatic N) is 1. The number of amides is 1. The summed E-state index contributed by atoms with van der Waals surface area (Å²) >= 11 is 12.5. The molecule has 0 saturated heterocycles. The van der Waals surface area contributed by atoms with Crippen molar-refractivity contribution in [1.29, 1.82) is 0 Å². The van der Waals surface area contributed by atoms with Crippen LogP contribution in [0.5, 0.6) is 11.5 Å². The van der Waals surface area contributed by atoms with Gasteiger partial charge in [-0.2, -0.15) is 0 Å². The third-order valence-electron chi connectivity index (χ3n) is 5.60. The number of carbonyl (C=O) groups excluding carboxylic acids is 1. The molecule has 0 saturated carbocycles. The van der Waals surface area contributed by atoms with Crippen molar-refractivity contribution in [2.24, 2.45) is 0 Å². The first kappa shape index (κ1) is 25.2. The van der Waals surface area contributed by atoms with Gasteiger partial charge >= 0.3 is 0 Å². The van der Waals surface area contributed by atoms with Gasteiger partial charge in [0, 0.05) is 21.2 Å². The van der Waals surface area contributed by atoms with E-state index in [9.17, 15) is 13.2 Å². The van der Waals surface area contributed by atoms with Gasteiger partial charge in [0.15, 0.2) is 11.5 Å². The number of fused-ring (bicyclic) bond motifs is 1. The first-order chi connectivity index (χ1) is 16.6. The lowest BCUT2D eigenvalue weighted by atomic mass is 10.1. The van der Waals surface area contributed by atoms with Crippen molar-refractivity contribution in [3.8, 4) is 11.5 Å². The van der Waals surface area contributed by atoms with Crippen molar-refractivity contribution in [2.75, 3.05) is 23.8 Å². The molecule has 0 aliphatic carbocycles. The highest BCUT2D eigenvalue weighted by Crippen LogP contribution is 2.33. The van der Waals surface area contributed by atoms with Crippen molar-refractivity contribution >= 4 is 44.8 Å². The molecule has 0 unspecified atom stereocenters. The number of halogens is 2. The maximum absolute atomic E-state index is 12.8.